The molecule has 1 fully saturated rings. The Kier molecular flexibility index (Phi) is 7.25. The van der Waals surface area contributed by atoms with Crippen molar-refractivity contribution in [1.29, 1.82) is 0 Å². The van der Waals surface area contributed by atoms with E-state index in [9.17, 15) is 35.4 Å². The molecule has 0 spiro atoms. The van der Waals surface area contributed by atoms with E-state index >= 15 is 0 Å². The maximum atomic E-state index is 10.7. The van der Waals surface area contributed by atoms with E-state index in [1.54, 1.807) is 0 Å². The second kappa shape index (κ2) is 8.24. The molecule has 10 nitrogen and oxygen atoms in total. The van der Waals surface area contributed by atoms with Gasteiger partial charge in [-0.3, -0.25) is 0 Å². The highest BCUT2D eigenvalue weighted by Gasteiger charge is 2.45. The molecule has 0 bridgehead atoms. The van der Waals surface area contributed by atoms with Crippen LogP contribution in [0.15, 0.2) is 0 Å². The molecule has 130 valence electrons. The average Bonchev–Trinajstić information content (AvgIpc) is 2.52. The number of hydrogen-bond acceptors (Lipinski definition) is 10. The maximum Gasteiger partial charge on any atom is 0.187 e. The van der Waals surface area contributed by atoms with E-state index in [1.807, 2.05) is 0 Å². The largest absolute Gasteiger partial charge is 0.394 e. The normalized spacial score (nSPS) is 38.1. The molecule has 10 heteroatoms. The van der Waals surface area contributed by atoms with Gasteiger partial charge in [-0.1, -0.05) is 0 Å². The molecule has 1 aliphatic rings. The Morgan fingerprint density at radius 3 is 2.23 bits per heavy atom. The first kappa shape index (κ1) is 19.4. The number of aliphatic hydroxyl groups excluding tert-OH is 7. The smallest absolute Gasteiger partial charge is 0.187 e. The lowest BCUT2D eigenvalue weighted by molar-refractivity contribution is -0.318. The van der Waals surface area contributed by atoms with Crippen molar-refractivity contribution in [2.75, 3.05) is 6.61 Å². The van der Waals surface area contributed by atoms with Crippen LogP contribution in [0.1, 0.15) is 6.92 Å². The summed E-state index contributed by atoms with van der Waals surface area (Å²) in [6, 6.07) is 0. The number of rotatable bonds is 7. The molecule has 0 radical (unpaired) electrons. The minimum Gasteiger partial charge on any atom is -0.394 e. The molecule has 0 aliphatic carbocycles. The van der Waals surface area contributed by atoms with E-state index in [4.69, 9.17) is 14.6 Å². The number of aliphatic hydroxyl groups is 7. The zero-order valence-electron chi connectivity index (χ0n) is 11.8. The highest BCUT2D eigenvalue weighted by Crippen LogP contribution is 2.24. The molecule has 0 aromatic rings. The lowest BCUT2D eigenvalue weighted by Gasteiger charge is -2.41. The van der Waals surface area contributed by atoms with Crippen LogP contribution in [-0.4, -0.2) is 104 Å². The Morgan fingerprint density at radius 1 is 1.14 bits per heavy atom. The zero-order valence-corrected chi connectivity index (χ0v) is 11.8. The van der Waals surface area contributed by atoms with Crippen molar-refractivity contribution >= 4 is 6.29 Å². The van der Waals surface area contributed by atoms with Gasteiger partial charge in [-0.25, -0.2) is 0 Å². The lowest BCUT2D eigenvalue weighted by atomic mass is 9.99. The summed E-state index contributed by atoms with van der Waals surface area (Å²) in [6.45, 7) is 0.526. The molecular weight excluding hydrogens is 304 g/mol. The second-order valence-electron chi connectivity index (χ2n) is 5.15. The van der Waals surface area contributed by atoms with Crippen molar-refractivity contribution < 1.29 is 50.0 Å². The van der Waals surface area contributed by atoms with Crippen LogP contribution < -0.4 is 0 Å². The van der Waals surface area contributed by atoms with Crippen molar-refractivity contribution in [2.45, 2.75) is 62.0 Å². The Morgan fingerprint density at radius 2 is 1.73 bits per heavy atom. The van der Waals surface area contributed by atoms with Crippen LogP contribution in [0.3, 0.4) is 0 Å². The molecule has 1 saturated heterocycles. The van der Waals surface area contributed by atoms with Crippen LogP contribution in [0.25, 0.3) is 0 Å². The number of ether oxygens (including phenoxy) is 2. The standard InChI is InChI=1S/C12H22O10/c1-4-7(17)9(19)10(20)12(21-4)22-11(6(16)3-14)8(18)5(15)2-13/h3-13,15-20H,2H2,1H3/t4?,5?,6-,7?,8+,9?,10-,11?,12-/m0/s1. The molecule has 1 aliphatic heterocycles. The highest BCUT2D eigenvalue weighted by molar-refractivity contribution is 5.56. The summed E-state index contributed by atoms with van der Waals surface area (Å²) in [6.07, 6.45) is -14.4. The molecule has 7 N–H and O–H groups in total. The molecule has 0 aromatic carbocycles. The van der Waals surface area contributed by atoms with Gasteiger partial charge in [0, 0.05) is 0 Å². The van der Waals surface area contributed by atoms with Crippen LogP contribution in [-0.2, 0) is 14.3 Å². The Hall–Kier alpha value is -0.690. The first-order valence-corrected chi connectivity index (χ1v) is 6.70. The molecule has 1 heterocycles. The van der Waals surface area contributed by atoms with E-state index in [2.05, 4.69) is 0 Å². The van der Waals surface area contributed by atoms with Gasteiger partial charge in [0.25, 0.3) is 0 Å². The third kappa shape index (κ3) is 4.19. The van der Waals surface area contributed by atoms with Gasteiger partial charge in [-0.15, -0.1) is 0 Å². The predicted octanol–water partition coefficient (Wildman–Crippen LogP) is -4.53. The molecule has 0 saturated carbocycles. The van der Waals surface area contributed by atoms with Crippen LogP contribution in [0.2, 0.25) is 0 Å². The average molecular weight is 326 g/mol. The molecule has 0 amide bonds. The third-order valence-electron chi connectivity index (χ3n) is 3.49. The molecule has 5 unspecified atom stereocenters. The number of carbonyl (C=O) groups excluding carboxylic acids is 1. The van der Waals surface area contributed by atoms with Crippen LogP contribution in [0.5, 0.6) is 0 Å². The SMILES string of the molecule is CC1O[C@@H](OC([C@H](O)C(O)CO)[C@@H](O)C=O)[C@@H](O)C(O)C1O. The topological polar surface area (TPSA) is 177 Å². The second-order valence-corrected chi connectivity index (χ2v) is 5.15. The van der Waals surface area contributed by atoms with Gasteiger partial charge in [0.2, 0.25) is 0 Å². The summed E-state index contributed by atoms with van der Waals surface area (Å²) >= 11 is 0. The van der Waals surface area contributed by atoms with E-state index in [0.29, 0.717) is 0 Å². The number of hydrogen-bond donors (Lipinski definition) is 7. The third-order valence-corrected chi connectivity index (χ3v) is 3.49. The van der Waals surface area contributed by atoms with Crippen molar-refractivity contribution in [3.05, 3.63) is 0 Å². The van der Waals surface area contributed by atoms with E-state index in [1.165, 1.54) is 6.92 Å². The highest BCUT2D eigenvalue weighted by atomic mass is 16.7. The van der Waals surface area contributed by atoms with Crippen molar-refractivity contribution in [3.63, 3.8) is 0 Å². The lowest BCUT2D eigenvalue weighted by Crippen LogP contribution is -2.60. The van der Waals surface area contributed by atoms with Crippen molar-refractivity contribution in [3.8, 4) is 0 Å². The summed E-state index contributed by atoms with van der Waals surface area (Å²) in [5.41, 5.74) is 0. The predicted molar refractivity (Wildman–Crippen MR) is 68.4 cm³/mol. The summed E-state index contributed by atoms with van der Waals surface area (Å²) < 4.78 is 10.2. The van der Waals surface area contributed by atoms with Crippen LogP contribution in [0.4, 0.5) is 0 Å². The van der Waals surface area contributed by atoms with E-state index in [0.717, 1.165) is 0 Å². The van der Waals surface area contributed by atoms with Crippen LogP contribution in [0, 0.1) is 0 Å². The number of aldehydes is 1. The van der Waals surface area contributed by atoms with Crippen molar-refractivity contribution in [1.82, 2.24) is 0 Å². The van der Waals surface area contributed by atoms with Gasteiger partial charge in [-0.05, 0) is 6.92 Å². The van der Waals surface area contributed by atoms with E-state index < -0.39 is 61.7 Å². The maximum absolute atomic E-state index is 10.7. The van der Waals surface area contributed by atoms with Gasteiger partial charge in [0.05, 0.1) is 12.7 Å². The van der Waals surface area contributed by atoms with Gasteiger partial charge < -0.3 is 50.0 Å². The first-order valence-electron chi connectivity index (χ1n) is 6.70. The minimum atomic E-state index is -1.88. The van der Waals surface area contributed by atoms with Crippen LogP contribution >= 0.6 is 0 Å². The summed E-state index contributed by atoms with van der Waals surface area (Å²) in [5, 5.41) is 66.5. The van der Waals surface area contributed by atoms with Crippen molar-refractivity contribution in [2.24, 2.45) is 0 Å². The first-order chi connectivity index (χ1) is 10.2. The van der Waals surface area contributed by atoms with Gasteiger partial charge >= 0.3 is 0 Å². The quantitative estimate of drug-likeness (QED) is 0.225. The fourth-order valence-electron chi connectivity index (χ4n) is 2.05. The molecule has 22 heavy (non-hydrogen) atoms. The van der Waals surface area contributed by atoms with Gasteiger partial charge in [0.1, 0.15) is 42.7 Å². The Labute approximate surface area is 126 Å². The van der Waals surface area contributed by atoms with E-state index in [-0.39, 0.29) is 6.29 Å². The molecule has 9 atom stereocenters. The number of carbonyl (C=O) groups is 1. The fraction of sp³-hybridized carbons (Fsp3) is 0.917. The minimum absolute atomic E-state index is 0.0297. The molecular formula is C12H22O10. The van der Waals surface area contributed by atoms with Gasteiger partial charge in [-0.2, -0.15) is 0 Å². The fourth-order valence-corrected chi connectivity index (χ4v) is 2.05. The summed E-state index contributed by atoms with van der Waals surface area (Å²) in [4.78, 5) is 10.7. The zero-order chi connectivity index (χ0) is 17.0. The summed E-state index contributed by atoms with van der Waals surface area (Å²) in [5.74, 6) is 0. The Bertz CT molecular complexity index is 353. The molecule has 1 rings (SSSR count). The Balaban J connectivity index is 2.87. The monoisotopic (exact) mass is 326 g/mol. The summed E-state index contributed by atoms with van der Waals surface area (Å²) in [7, 11) is 0. The van der Waals surface area contributed by atoms with Gasteiger partial charge in [0.15, 0.2) is 12.6 Å². The molecule has 0 aromatic heterocycles.